The van der Waals surface area contributed by atoms with Crippen molar-refractivity contribution >= 4 is 5.91 Å². The van der Waals surface area contributed by atoms with Crippen molar-refractivity contribution in [3.05, 3.63) is 29.8 Å². The molecule has 1 aliphatic heterocycles. The average molecular weight is 262 g/mol. The molecule has 0 bridgehead atoms. The third-order valence-electron chi connectivity index (χ3n) is 3.41. The predicted octanol–water partition coefficient (Wildman–Crippen LogP) is 1.45. The van der Waals surface area contributed by atoms with Crippen molar-refractivity contribution in [1.82, 2.24) is 10.2 Å². The first-order valence-electron chi connectivity index (χ1n) is 6.92. The Labute approximate surface area is 114 Å². The molecule has 19 heavy (non-hydrogen) atoms. The Morgan fingerprint density at radius 3 is 2.79 bits per heavy atom. The van der Waals surface area contributed by atoms with Gasteiger partial charge in [0, 0.05) is 25.7 Å². The van der Waals surface area contributed by atoms with E-state index in [1.165, 1.54) is 0 Å². The Morgan fingerprint density at radius 2 is 2.16 bits per heavy atom. The lowest BCUT2D eigenvalue weighted by atomic mass is 10.1. The number of rotatable bonds is 4. The van der Waals surface area contributed by atoms with Gasteiger partial charge in [-0.05, 0) is 31.5 Å². The summed E-state index contributed by atoms with van der Waals surface area (Å²) in [5, 5.41) is 3.29. The van der Waals surface area contributed by atoms with Crippen LogP contribution in [0.25, 0.3) is 0 Å². The zero-order valence-corrected chi connectivity index (χ0v) is 11.7. The van der Waals surface area contributed by atoms with E-state index in [-0.39, 0.29) is 11.9 Å². The number of nitrogens with zero attached hydrogens (tertiary/aromatic N) is 1. The third-order valence-corrected chi connectivity index (χ3v) is 3.41. The Hall–Kier alpha value is -1.55. The van der Waals surface area contributed by atoms with E-state index in [0.29, 0.717) is 13.0 Å². The van der Waals surface area contributed by atoms with Gasteiger partial charge in [0.2, 0.25) is 5.91 Å². The lowest BCUT2D eigenvalue weighted by Gasteiger charge is -2.34. The Morgan fingerprint density at radius 1 is 1.42 bits per heavy atom. The van der Waals surface area contributed by atoms with Crippen molar-refractivity contribution in [2.75, 3.05) is 26.2 Å². The second kappa shape index (κ2) is 6.57. The van der Waals surface area contributed by atoms with Gasteiger partial charge in [-0.2, -0.15) is 0 Å². The highest BCUT2D eigenvalue weighted by Crippen LogP contribution is 2.14. The summed E-state index contributed by atoms with van der Waals surface area (Å²) in [6, 6.07) is 8.07. The van der Waals surface area contributed by atoms with E-state index in [1.807, 2.05) is 36.1 Å². The van der Waals surface area contributed by atoms with Crippen LogP contribution in [-0.2, 0) is 11.2 Å². The first-order valence-corrected chi connectivity index (χ1v) is 6.92. The fourth-order valence-corrected chi connectivity index (χ4v) is 2.36. The van der Waals surface area contributed by atoms with Gasteiger partial charge in [-0.15, -0.1) is 0 Å². The van der Waals surface area contributed by atoms with E-state index in [1.54, 1.807) is 0 Å². The molecule has 104 valence electrons. The van der Waals surface area contributed by atoms with E-state index < -0.39 is 0 Å². The zero-order chi connectivity index (χ0) is 13.7. The Bertz CT molecular complexity index is 417. The van der Waals surface area contributed by atoms with E-state index in [2.05, 4.69) is 12.2 Å². The molecule has 1 aliphatic rings. The van der Waals surface area contributed by atoms with Gasteiger partial charge in [-0.1, -0.05) is 12.1 Å². The molecule has 1 amide bonds. The molecule has 1 atom stereocenters. The minimum Gasteiger partial charge on any atom is -0.494 e. The summed E-state index contributed by atoms with van der Waals surface area (Å²) in [6.07, 6.45) is 0.469. The van der Waals surface area contributed by atoms with Gasteiger partial charge in [-0.25, -0.2) is 0 Å². The van der Waals surface area contributed by atoms with Crippen molar-refractivity contribution in [2.45, 2.75) is 26.3 Å². The lowest BCUT2D eigenvalue weighted by molar-refractivity contribution is -0.133. The number of hydrogen-bond acceptors (Lipinski definition) is 3. The molecule has 4 nitrogen and oxygen atoms in total. The largest absolute Gasteiger partial charge is 0.494 e. The first kappa shape index (κ1) is 13.9. The fraction of sp³-hybridized carbons (Fsp3) is 0.533. The van der Waals surface area contributed by atoms with Crippen LogP contribution in [0.5, 0.6) is 5.75 Å². The van der Waals surface area contributed by atoms with E-state index in [0.717, 1.165) is 30.9 Å². The molecule has 1 fully saturated rings. The van der Waals surface area contributed by atoms with Crippen molar-refractivity contribution in [2.24, 2.45) is 0 Å². The first-order chi connectivity index (χ1) is 9.20. The number of piperazine rings is 1. The maximum Gasteiger partial charge on any atom is 0.227 e. The molecule has 0 saturated carbocycles. The standard InChI is InChI=1S/C15H22N2O2/c1-3-19-14-6-4-13(5-7-14)10-15(18)17-9-8-16-11-12(17)2/h4-7,12,16H,3,8-11H2,1-2H3. The van der Waals surface area contributed by atoms with Crippen molar-refractivity contribution in [1.29, 1.82) is 0 Å². The third kappa shape index (κ3) is 3.70. The number of benzene rings is 1. The van der Waals surface area contributed by atoms with Crippen LogP contribution in [0.3, 0.4) is 0 Å². The molecule has 0 spiro atoms. The Balaban J connectivity index is 1.94. The van der Waals surface area contributed by atoms with Crippen LogP contribution in [0.2, 0.25) is 0 Å². The highest BCUT2D eigenvalue weighted by Gasteiger charge is 2.22. The van der Waals surface area contributed by atoms with Crippen molar-refractivity contribution in [3.8, 4) is 5.75 Å². The fourth-order valence-electron chi connectivity index (χ4n) is 2.36. The molecule has 1 unspecified atom stereocenters. The summed E-state index contributed by atoms with van der Waals surface area (Å²) in [5.41, 5.74) is 1.04. The molecule has 1 heterocycles. The number of nitrogens with one attached hydrogen (secondary N) is 1. The molecule has 0 radical (unpaired) electrons. The second-order valence-electron chi connectivity index (χ2n) is 4.89. The number of hydrogen-bond donors (Lipinski definition) is 1. The highest BCUT2D eigenvalue weighted by atomic mass is 16.5. The van der Waals surface area contributed by atoms with Gasteiger partial charge in [0.05, 0.1) is 13.0 Å². The second-order valence-corrected chi connectivity index (χ2v) is 4.89. The van der Waals surface area contributed by atoms with Gasteiger partial charge in [-0.3, -0.25) is 4.79 Å². The van der Waals surface area contributed by atoms with Crippen LogP contribution >= 0.6 is 0 Å². The van der Waals surface area contributed by atoms with Crippen molar-refractivity contribution < 1.29 is 9.53 Å². The van der Waals surface area contributed by atoms with Gasteiger partial charge in [0.25, 0.3) is 0 Å². The molecular weight excluding hydrogens is 240 g/mol. The van der Waals surface area contributed by atoms with Gasteiger partial charge >= 0.3 is 0 Å². The van der Waals surface area contributed by atoms with Gasteiger partial charge < -0.3 is 15.0 Å². The van der Waals surface area contributed by atoms with Crippen LogP contribution in [0, 0.1) is 0 Å². The van der Waals surface area contributed by atoms with E-state index in [4.69, 9.17) is 4.74 Å². The van der Waals surface area contributed by atoms with Crippen LogP contribution in [0.15, 0.2) is 24.3 Å². The minimum absolute atomic E-state index is 0.207. The Kier molecular flexibility index (Phi) is 4.80. The smallest absolute Gasteiger partial charge is 0.227 e. The molecule has 1 saturated heterocycles. The molecular formula is C15H22N2O2. The van der Waals surface area contributed by atoms with Crippen LogP contribution < -0.4 is 10.1 Å². The van der Waals surface area contributed by atoms with Crippen LogP contribution in [-0.4, -0.2) is 43.1 Å². The summed E-state index contributed by atoms with van der Waals surface area (Å²) >= 11 is 0. The quantitative estimate of drug-likeness (QED) is 0.893. The maximum absolute atomic E-state index is 12.3. The van der Waals surface area contributed by atoms with Crippen LogP contribution in [0.4, 0.5) is 0 Å². The zero-order valence-electron chi connectivity index (χ0n) is 11.7. The highest BCUT2D eigenvalue weighted by molar-refractivity contribution is 5.79. The lowest BCUT2D eigenvalue weighted by Crippen LogP contribution is -2.52. The monoisotopic (exact) mass is 262 g/mol. The molecule has 1 N–H and O–H groups in total. The van der Waals surface area contributed by atoms with Crippen molar-refractivity contribution in [3.63, 3.8) is 0 Å². The van der Waals surface area contributed by atoms with E-state index in [9.17, 15) is 4.79 Å². The predicted molar refractivity (Wildman–Crippen MR) is 75.4 cm³/mol. The SMILES string of the molecule is CCOc1ccc(CC(=O)N2CCNCC2C)cc1. The summed E-state index contributed by atoms with van der Waals surface area (Å²) in [7, 11) is 0. The minimum atomic E-state index is 0.207. The van der Waals surface area contributed by atoms with Gasteiger partial charge in [0.1, 0.15) is 5.75 Å². The molecule has 1 aromatic rings. The molecule has 1 aromatic carbocycles. The summed E-state index contributed by atoms with van der Waals surface area (Å²) in [5.74, 6) is 1.06. The molecule has 0 aliphatic carbocycles. The summed E-state index contributed by atoms with van der Waals surface area (Å²) in [6.45, 7) is 7.29. The van der Waals surface area contributed by atoms with E-state index >= 15 is 0 Å². The average Bonchev–Trinajstić information content (AvgIpc) is 2.42. The molecule has 4 heteroatoms. The van der Waals surface area contributed by atoms with Crippen LogP contribution in [0.1, 0.15) is 19.4 Å². The molecule has 2 rings (SSSR count). The topological polar surface area (TPSA) is 41.6 Å². The normalized spacial score (nSPS) is 19.3. The summed E-state index contributed by atoms with van der Waals surface area (Å²) < 4.78 is 5.40. The molecule has 0 aromatic heterocycles. The summed E-state index contributed by atoms with van der Waals surface area (Å²) in [4.78, 5) is 14.2. The maximum atomic E-state index is 12.3. The number of carbonyl (C=O) groups is 1. The number of carbonyl (C=O) groups excluding carboxylic acids is 1. The number of ether oxygens (including phenoxy) is 1. The number of amides is 1. The van der Waals surface area contributed by atoms with Gasteiger partial charge in [0.15, 0.2) is 0 Å².